The van der Waals surface area contributed by atoms with Gasteiger partial charge in [-0.1, -0.05) is 48.5 Å². The molecule has 0 aliphatic carbocycles. The Bertz CT molecular complexity index is 678. The number of benzene rings is 2. The van der Waals surface area contributed by atoms with Crippen LogP contribution < -0.4 is 0 Å². The summed E-state index contributed by atoms with van der Waals surface area (Å²) in [6, 6.07) is 16.8. The van der Waals surface area contributed by atoms with Gasteiger partial charge in [-0.25, -0.2) is 4.79 Å². The molecule has 1 unspecified atom stereocenters. The highest BCUT2D eigenvalue weighted by molar-refractivity contribution is 5.94. The molecule has 0 bridgehead atoms. The van der Waals surface area contributed by atoms with Crippen molar-refractivity contribution < 1.29 is 19.1 Å². The first-order valence-corrected chi connectivity index (χ1v) is 7.23. The molecule has 1 aliphatic heterocycles. The molecule has 1 atom stereocenters. The van der Waals surface area contributed by atoms with Crippen molar-refractivity contribution in [1.82, 2.24) is 0 Å². The maximum atomic E-state index is 11.8. The molecule has 2 aromatic rings. The van der Waals surface area contributed by atoms with E-state index in [-0.39, 0.29) is 31.1 Å². The molecular formula is C18H16O4. The molecular weight excluding hydrogens is 280 g/mol. The van der Waals surface area contributed by atoms with Gasteiger partial charge in [0.25, 0.3) is 0 Å². The van der Waals surface area contributed by atoms with E-state index in [1.54, 1.807) is 12.1 Å². The van der Waals surface area contributed by atoms with E-state index in [1.807, 2.05) is 42.5 Å². The highest BCUT2D eigenvalue weighted by Crippen LogP contribution is 2.33. The molecule has 4 heteroatoms. The Labute approximate surface area is 128 Å². The van der Waals surface area contributed by atoms with E-state index in [0.29, 0.717) is 12.0 Å². The monoisotopic (exact) mass is 296 g/mol. The number of fused-ring (bicyclic) bond motifs is 1. The van der Waals surface area contributed by atoms with Crippen LogP contribution in [0.1, 0.15) is 40.4 Å². The standard InChI is InChI=1S/C18H16O4/c19-17(21-12-13-6-2-1-3-7-13)11-10-16-14-8-4-5-9-15(14)18(20)22-16/h1-9,16H,10-12H2. The summed E-state index contributed by atoms with van der Waals surface area (Å²) in [5, 5.41) is 0. The van der Waals surface area contributed by atoms with E-state index in [1.165, 1.54) is 0 Å². The molecule has 1 heterocycles. The van der Waals surface area contributed by atoms with Crippen LogP contribution in [0.4, 0.5) is 0 Å². The average Bonchev–Trinajstić information content (AvgIpc) is 2.89. The fourth-order valence-corrected chi connectivity index (χ4v) is 2.49. The highest BCUT2D eigenvalue weighted by Gasteiger charge is 2.30. The molecule has 112 valence electrons. The third kappa shape index (κ3) is 3.17. The lowest BCUT2D eigenvalue weighted by Crippen LogP contribution is -2.07. The van der Waals surface area contributed by atoms with Crippen molar-refractivity contribution in [1.29, 1.82) is 0 Å². The number of cyclic esters (lactones) is 1. The molecule has 0 amide bonds. The summed E-state index contributed by atoms with van der Waals surface area (Å²) in [6.07, 6.45) is 0.308. The lowest BCUT2D eigenvalue weighted by atomic mass is 10.0. The van der Waals surface area contributed by atoms with Crippen LogP contribution in [0.2, 0.25) is 0 Å². The third-order valence-electron chi connectivity index (χ3n) is 3.63. The van der Waals surface area contributed by atoms with E-state index >= 15 is 0 Å². The summed E-state index contributed by atoms with van der Waals surface area (Å²) in [4.78, 5) is 23.5. The van der Waals surface area contributed by atoms with Gasteiger partial charge >= 0.3 is 11.9 Å². The minimum absolute atomic E-state index is 0.221. The van der Waals surface area contributed by atoms with Crippen LogP contribution in [-0.4, -0.2) is 11.9 Å². The van der Waals surface area contributed by atoms with Gasteiger partial charge in [-0.05, 0) is 18.1 Å². The SMILES string of the molecule is O=C(CCC1OC(=O)c2ccccc21)OCc1ccccc1. The molecule has 22 heavy (non-hydrogen) atoms. The minimum Gasteiger partial charge on any atom is -0.461 e. The number of hydrogen-bond acceptors (Lipinski definition) is 4. The molecule has 0 saturated carbocycles. The lowest BCUT2D eigenvalue weighted by molar-refractivity contribution is -0.145. The normalized spacial score (nSPS) is 16.0. The molecule has 3 rings (SSSR count). The summed E-state index contributed by atoms with van der Waals surface area (Å²) in [6.45, 7) is 0.265. The van der Waals surface area contributed by atoms with E-state index in [9.17, 15) is 9.59 Å². The van der Waals surface area contributed by atoms with Crippen LogP contribution in [-0.2, 0) is 20.9 Å². The van der Waals surface area contributed by atoms with E-state index in [4.69, 9.17) is 9.47 Å². The van der Waals surface area contributed by atoms with Crippen LogP contribution in [0, 0.1) is 0 Å². The quantitative estimate of drug-likeness (QED) is 0.793. The van der Waals surface area contributed by atoms with Gasteiger partial charge in [-0.15, -0.1) is 0 Å². The summed E-state index contributed by atoms with van der Waals surface area (Å²) < 4.78 is 10.5. The smallest absolute Gasteiger partial charge is 0.339 e. The number of carbonyl (C=O) groups excluding carboxylic acids is 2. The molecule has 0 radical (unpaired) electrons. The number of hydrogen-bond donors (Lipinski definition) is 0. The molecule has 2 aromatic carbocycles. The van der Waals surface area contributed by atoms with Gasteiger partial charge in [0, 0.05) is 12.0 Å². The Kier molecular flexibility index (Phi) is 4.19. The minimum atomic E-state index is -0.354. The van der Waals surface area contributed by atoms with Crippen molar-refractivity contribution >= 4 is 11.9 Å². The van der Waals surface area contributed by atoms with Crippen molar-refractivity contribution in [3.8, 4) is 0 Å². The number of carbonyl (C=O) groups is 2. The van der Waals surface area contributed by atoms with Gasteiger partial charge < -0.3 is 9.47 Å². The molecule has 0 aromatic heterocycles. The summed E-state index contributed by atoms with van der Waals surface area (Å²) >= 11 is 0. The Morgan fingerprint density at radius 1 is 1.05 bits per heavy atom. The Hall–Kier alpha value is -2.62. The average molecular weight is 296 g/mol. The first-order chi connectivity index (χ1) is 10.7. The second-order valence-corrected chi connectivity index (χ2v) is 5.17. The van der Waals surface area contributed by atoms with E-state index < -0.39 is 0 Å². The van der Waals surface area contributed by atoms with E-state index in [2.05, 4.69) is 0 Å². The predicted molar refractivity (Wildman–Crippen MR) is 80.1 cm³/mol. The molecule has 0 N–H and O–H groups in total. The van der Waals surface area contributed by atoms with Crippen LogP contribution in [0.25, 0.3) is 0 Å². The van der Waals surface area contributed by atoms with Crippen molar-refractivity contribution in [3.63, 3.8) is 0 Å². The molecule has 4 nitrogen and oxygen atoms in total. The van der Waals surface area contributed by atoms with Gasteiger partial charge in [-0.2, -0.15) is 0 Å². The predicted octanol–water partition coefficient (Wildman–Crippen LogP) is 3.42. The zero-order valence-corrected chi connectivity index (χ0v) is 12.0. The van der Waals surface area contributed by atoms with Crippen molar-refractivity contribution in [2.75, 3.05) is 0 Å². The number of rotatable bonds is 5. The lowest BCUT2D eigenvalue weighted by Gasteiger charge is -2.10. The first-order valence-electron chi connectivity index (χ1n) is 7.23. The van der Waals surface area contributed by atoms with Gasteiger partial charge in [0.15, 0.2) is 0 Å². The van der Waals surface area contributed by atoms with Crippen molar-refractivity contribution in [2.45, 2.75) is 25.6 Å². The zero-order valence-electron chi connectivity index (χ0n) is 12.0. The fourth-order valence-electron chi connectivity index (χ4n) is 2.49. The van der Waals surface area contributed by atoms with Crippen LogP contribution in [0.15, 0.2) is 54.6 Å². The van der Waals surface area contributed by atoms with E-state index in [0.717, 1.165) is 11.1 Å². The fraction of sp³-hybridized carbons (Fsp3) is 0.222. The first kappa shape index (κ1) is 14.3. The summed E-state index contributed by atoms with van der Waals surface area (Å²) in [5.74, 6) is -0.609. The largest absolute Gasteiger partial charge is 0.461 e. The highest BCUT2D eigenvalue weighted by atomic mass is 16.6. The maximum absolute atomic E-state index is 11.8. The van der Waals surface area contributed by atoms with Crippen LogP contribution >= 0.6 is 0 Å². The van der Waals surface area contributed by atoms with Gasteiger partial charge in [-0.3, -0.25) is 4.79 Å². The Morgan fingerprint density at radius 3 is 2.59 bits per heavy atom. The topological polar surface area (TPSA) is 52.6 Å². The second-order valence-electron chi connectivity index (χ2n) is 5.17. The zero-order chi connectivity index (χ0) is 15.4. The molecule has 1 aliphatic rings. The van der Waals surface area contributed by atoms with Gasteiger partial charge in [0.2, 0.25) is 0 Å². The van der Waals surface area contributed by atoms with Gasteiger partial charge in [0.1, 0.15) is 12.7 Å². The summed E-state index contributed by atoms with van der Waals surface area (Å²) in [7, 11) is 0. The van der Waals surface area contributed by atoms with Crippen LogP contribution in [0.3, 0.4) is 0 Å². The van der Waals surface area contributed by atoms with Gasteiger partial charge in [0.05, 0.1) is 5.56 Å². The maximum Gasteiger partial charge on any atom is 0.339 e. The number of esters is 2. The Morgan fingerprint density at radius 2 is 1.77 bits per heavy atom. The second kappa shape index (κ2) is 6.43. The third-order valence-corrected chi connectivity index (χ3v) is 3.63. The molecule has 0 saturated heterocycles. The van der Waals surface area contributed by atoms with Crippen molar-refractivity contribution in [2.24, 2.45) is 0 Å². The molecule has 0 fully saturated rings. The molecule has 0 spiro atoms. The van der Waals surface area contributed by atoms with Crippen LogP contribution in [0.5, 0.6) is 0 Å². The number of ether oxygens (including phenoxy) is 2. The summed E-state index contributed by atoms with van der Waals surface area (Å²) in [5.41, 5.74) is 2.39. The Balaban J connectivity index is 1.51. The van der Waals surface area contributed by atoms with Crippen molar-refractivity contribution in [3.05, 3.63) is 71.3 Å².